The average Bonchev–Trinajstić information content (AvgIpc) is 2.65. The SMILES string of the molecule is C[N+]1(c2ccccc2)C(=O)c2cccc3ccc4cccc1c4c23. The summed E-state index contributed by atoms with van der Waals surface area (Å²) >= 11 is 0. The first-order valence-electron chi connectivity index (χ1n) is 8.13. The zero-order chi connectivity index (χ0) is 16.3. The van der Waals surface area contributed by atoms with E-state index in [-0.39, 0.29) is 10.4 Å². The Hall–Kier alpha value is -2.97. The fourth-order valence-electron chi connectivity index (χ4n) is 4.02. The maximum Gasteiger partial charge on any atom is 0.356 e. The van der Waals surface area contributed by atoms with Gasteiger partial charge in [0.1, 0.15) is 5.69 Å². The molecule has 2 nitrogen and oxygen atoms in total. The molecule has 0 saturated heterocycles. The highest BCUT2D eigenvalue weighted by Crippen LogP contribution is 2.46. The Labute approximate surface area is 140 Å². The normalized spacial score (nSPS) is 19.3. The van der Waals surface area contributed by atoms with E-state index >= 15 is 0 Å². The molecule has 4 aromatic rings. The van der Waals surface area contributed by atoms with Gasteiger partial charge >= 0.3 is 5.91 Å². The largest absolute Gasteiger partial charge is 0.356 e. The number of hydrogen-bond acceptors (Lipinski definition) is 1. The van der Waals surface area contributed by atoms with Crippen molar-refractivity contribution in [1.82, 2.24) is 4.48 Å². The number of rotatable bonds is 1. The third kappa shape index (κ3) is 1.51. The molecule has 24 heavy (non-hydrogen) atoms. The van der Waals surface area contributed by atoms with Gasteiger partial charge in [-0.3, -0.25) is 0 Å². The molecule has 1 aliphatic heterocycles. The zero-order valence-corrected chi connectivity index (χ0v) is 13.4. The number of carbonyl (C=O) groups is 1. The number of benzene rings is 4. The molecule has 0 bridgehead atoms. The second kappa shape index (κ2) is 4.53. The first kappa shape index (κ1) is 13.5. The van der Waals surface area contributed by atoms with Gasteiger partial charge in [-0.1, -0.05) is 54.6 Å². The van der Waals surface area contributed by atoms with Crippen LogP contribution in [0.1, 0.15) is 10.4 Å². The van der Waals surface area contributed by atoms with Crippen LogP contribution in [-0.2, 0) is 0 Å². The molecule has 0 spiro atoms. The highest BCUT2D eigenvalue weighted by molar-refractivity contribution is 6.28. The summed E-state index contributed by atoms with van der Waals surface area (Å²) in [7, 11) is 2.00. The van der Waals surface area contributed by atoms with Crippen LogP contribution < -0.4 is 4.48 Å². The minimum Gasteiger partial charge on any atom is -0.225 e. The van der Waals surface area contributed by atoms with Crippen molar-refractivity contribution < 1.29 is 4.79 Å². The molecule has 5 rings (SSSR count). The second-order valence-corrected chi connectivity index (χ2v) is 6.49. The summed E-state index contributed by atoms with van der Waals surface area (Å²) in [6.45, 7) is 0. The first-order valence-corrected chi connectivity index (χ1v) is 8.13. The summed E-state index contributed by atoms with van der Waals surface area (Å²) in [5.41, 5.74) is 2.85. The number of hydrogen-bond donors (Lipinski definition) is 0. The van der Waals surface area contributed by atoms with Crippen molar-refractivity contribution in [1.29, 1.82) is 0 Å². The van der Waals surface area contributed by atoms with Crippen molar-refractivity contribution >= 4 is 38.8 Å². The highest BCUT2D eigenvalue weighted by atomic mass is 16.2. The van der Waals surface area contributed by atoms with E-state index in [1.54, 1.807) is 0 Å². The van der Waals surface area contributed by atoms with E-state index in [1.165, 1.54) is 10.8 Å². The third-order valence-electron chi connectivity index (χ3n) is 5.25. The smallest absolute Gasteiger partial charge is 0.225 e. The summed E-state index contributed by atoms with van der Waals surface area (Å²) < 4.78 is 0.175. The number of quaternary nitrogens is 1. The van der Waals surface area contributed by atoms with Crippen LogP contribution in [0.25, 0.3) is 21.5 Å². The van der Waals surface area contributed by atoms with Crippen molar-refractivity contribution in [3.63, 3.8) is 0 Å². The summed E-state index contributed by atoms with van der Waals surface area (Å²) in [6.07, 6.45) is 0. The monoisotopic (exact) mass is 310 g/mol. The Balaban J connectivity index is 2.03. The first-order chi connectivity index (χ1) is 11.7. The molecule has 2 heteroatoms. The molecule has 114 valence electrons. The molecule has 1 amide bonds. The Bertz CT molecular complexity index is 1130. The maximum atomic E-state index is 13.5. The van der Waals surface area contributed by atoms with Crippen molar-refractivity contribution in [2.24, 2.45) is 0 Å². The van der Waals surface area contributed by atoms with Crippen LogP contribution in [0.2, 0.25) is 0 Å². The predicted octanol–water partition coefficient (Wildman–Crippen LogP) is 5.42. The fourth-order valence-corrected chi connectivity index (χ4v) is 4.02. The van der Waals surface area contributed by atoms with Gasteiger partial charge in [-0.05, 0) is 16.8 Å². The molecule has 0 aliphatic carbocycles. The molecule has 1 aliphatic rings. The van der Waals surface area contributed by atoms with E-state index in [4.69, 9.17) is 0 Å². The lowest BCUT2D eigenvalue weighted by atomic mass is 9.90. The Kier molecular flexibility index (Phi) is 2.54. The number of para-hydroxylation sites is 1. The van der Waals surface area contributed by atoms with Gasteiger partial charge in [-0.2, -0.15) is 4.48 Å². The Morgan fingerprint density at radius 1 is 0.667 bits per heavy atom. The van der Waals surface area contributed by atoms with Crippen molar-refractivity contribution in [2.45, 2.75) is 0 Å². The Morgan fingerprint density at radius 3 is 2.08 bits per heavy atom. The van der Waals surface area contributed by atoms with Crippen molar-refractivity contribution in [3.8, 4) is 0 Å². The summed E-state index contributed by atoms with van der Waals surface area (Å²) in [6, 6.07) is 26.6. The van der Waals surface area contributed by atoms with E-state index in [2.05, 4.69) is 30.3 Å². The number of carbonyl (C=O) groups excluding carboxylic acids is 1. The molecule has 1 heterocycles. The van der Waals surface area contributed by atoms with Gasteiger partial charge in [0.25, 0.3) is 0 Å². The van der Waals surface area contributed by atoms with E-state index in [0.29, 0.717) is 0 Å². The molecule has 0 saturated carbocycles. The zero-order valence-electron chi connectivity index (χ0n) is 13.4. The standard InChI is InChI=1S/C22H16NO/c1-23(17-9-3-2-4-10-17)19-12-6-8-16-14-13-15-7-5-11-18(22(23)24)20(15)21(16)19/h2-14H,1H3/q+1. The summed E-state index contributed by atoms with van der Waals surface area (Å²) in [5, 5.41) is 4.58. The van der Waals surface area contributed by atoms with Crippen LogP contribution in [-0.4, -0.2) is 13.0 Å². The lowest BCUT2D eigenvalue weighted by Crippen LogP contribution is -2.47. The molecule has 4 aromatic carbocycles. The molecule has 1 unspecified atom stereocenters. The van der Waals surface area contributed by atoms with Gasteiger partial charge in [0, 0.05) is 23.6 Å². The van der Waals surface area contributed by atoms with Crippen LogP contribution in [0.15, 0.2) is 78.9 Å². The molecule has 0 fully saturated rings. The Morgan fingerprint density at radius 2 is 1.33 bits per heavy atom. The van der Waals surface area contributed by atoms with Gasteiger partial charge in [-0.15, -0.1) is 0 Å². The molecular weight excluding hydrogens is 294 g/mol. The van der Waals surface area contributed by atoms with Crippen LogP contribution >= 0.6 is 0 Å². The van der Waals surface area contributed by atoms with Gasteiger partial charge in [0.05, 0.1) is 18.0 Å². The topological polar surface area (TPSA) is 17.1 Å². The third-order valence-corrected chi connectivity index (χ3v) is 5.25. The van der Waals surface area contributed by atoms with Gasteiger partial charge in [0.2, 0.25) is 0 Å². The minimum absolute atomic E-state index is 0.123. The van der Waals surface area contributed by atoms with E-state index in [0.717, 1.165) is 27.7 Å². The number of amides is 1. The van der Waals surface area contributed by atoms with Gasteiger partial charge in [0.15, 0.2) is 5.69 Å². The summed E-state index contributed by atoms with van der Waals surface area (Å²) in [5.74, 6) is 0.123. The fraction of sp³-hybridized carbons (Fsp3) is 0.0455. The van der Waals surface area contributed by atoms with Crippen molar-refractivity contribution in [2.75, 3.05) is 7.05 Å². The van der Waals surface area contributed by atoms with Crippen molar-refractivity contribution in [3.05, 3.63) is 84.4 Å². The highest BCUT2D eigenvalue weighted by Gasteiger charge is 2.43. The molecule has 1 atom stereocenters. The van der Waals surface area contributed by atoms with Crippen LogP contribution in [0, 0.1) is 0 Å². The second-order valence-electron chi connectivity index (χ2n) is 6.49. The maximum absolute atomic E-state index is 13.5. The lowest BCUT2D eigenvalue weighted by Gasteiger charge is -2.35. The molecule has 0 aromatic heterocycles. The van der Waals surface area contributed by atoms with Crippen LogP contribution in [0.4, 0.5) is 11.4 Å². The average molecular weight is 310 g/mol. The summed E-state index contributed by atoms with van der Waals surface area (Å²) in [4.78, 5) is 13.5. The van der Waals surface area contributed by atoms with Gasteiger partial charge in [-0.25, -0.2) is 4.79 Å². The lowest BCUT2D eigenvalue weighted by molar-refractivity contribution is 0.0861. The van der Waals surface area contributed by atoms with Gasteiger partial charge < -0.3 is 0 Å². The quantitative estimate of drug-likeness (QED) is 0.339. The van der Waals surface area contributed by atoms with Crippen LogP contribution in [0.5, 0.6) is 0 Å². The molecular formula is C22H16NO+. The van der Waals surface area contributed by atoms with E-state index < -0.39 is 0 Å². The van der Waals surface area contributed by atoms with E-state index in [1.807, 2.05) is 55.6 Å². The van der Waals surface area contributed by atoms with Crippen LogP contribution in [0.3, 0.4) is 0 Å². The number of nitrogens with zero attached hydrogens (tertiary/aromatic N) is 1. The van der Waals surface area contributed by atoms with E-state index in [9.17, 15) is 4.79 Å². The molecule has 0 radical (unpaired) electrons. The predicted molar refractivity (Wildman–Crippen MR) is 99.6 cm³/mol. The minimum atomic E-state index is 0.123. The molecule has 0 N–H and O–H groups in total.